The van der Waals surface area contributed by atoms with Gasteiger partial charge in [-0.1, -0.05) is 48.9 Å². The first kappa shape index (κ1) is 24.1. The van der Waals surface area contributed by atoms with Crippen LogP contribution in [0.3, 0.4) is 0 Å². The van der Waals surface area contributed by atoms with E-state index < -0.39 is 11.8 Å². The number of amides is 2. The van der Waals surface area contributed by atoms with Crippen LogP contribution in [0.2, 0.25) is 5.02 Å². The Kier molecular flexibility index (Phi) is 6.04. The van der Waals surface area contributed by atoms with E-state index in [1.54, 1.807) is 18.2 Å². The molecule has 190 valence electrons. The van der Waals surface area contributed by atoms with Gasteiger partial charge < -0.3 is 15.0 Å². The molecule has 0 unspecified atom stereocenters. The van der Waals surface area contributed by atoms with Crippen molar-refractivity contribution in [3.63, 3.8) is 0 Å². The van der Waals surface area contributed by atoms with Crippen LogP contribution in [0.1, 0.15) is 39.6 Å². The number of carbonyl (C=O) groups is 2. The molecule has 2 amide bonds. The number of aromatic nitrogens is 1. The molecule has 1 aromatic heterocycles. The lowest BCUT2D eigenvalue weighted by Crippen LogP contribution is -2.20. The summed E-state index contributed by atoms with van der Waals surface area (Å²) in [5, 5.41) is 18.2. The van der Waals surface area contributed by atoms with Crippen molar-refractivity contribution in [1.29, 1.82) is 0 Å². The molecular formula is C31H26ClN3O3. The molecule has 0 aliphatic carbocycles. The molecule has 0 saturated heterocycles. The largest absolute Gasteiger partial charge is 0.508 e. The van der Waals surface area contributed by atoms with Crippen LogP contribution >= 0.6 is 11.6 Å². The number of carbonyl (C=O) groups excluding carboxylic acids is 2. The lowest BCUT2D eigenvalue weighted by Gasteiger charge is -2.13. The average Bonchev–Trinajstić information content (AvgIpc) is 3.39. The van der Waals surface area contributed by atoms with Crippen molar-refractivity contribution in [1.82, 2.24) is 9.88 Å². The quantitative estimate of drug-likeness (QED) is 0.162. The van der Waals surface area contributed by atoms with E-state index in [-0.39, 0.29) is 5.75 Å². The molecule has 4 aromatic carbocycles. The van der Waals surface area contributed by atoms with Gasteiger partial charge in [-0.15, -0.1) is 0 Å². The topological polar surface area (TPSA) is 83.4 Å². The second-order valence-corrected chi connectivity index (χ2v) is 9.93. The van der Waals surface area contributed by atoms with Gasteiger partial charge >= 0.3 is 0 Å². The number of anilines is 1. The molecule has 5 aromatic rings. The van der Waals surface area contributed by atoms with E-state index in [0.717, 1.165) is 41.5 Å². The maximum atomic E-state index is 13.1. The molecular weight excluding hydrogens is 498 g/mol. The van der Waals surface area contributed by atoms with Gasteiger partial charge in [0, 0.05) is 45.7 Å². The van der Waals surface area contributed by atoms with Crippen molar-refractivity contribution in [2.24, 2.45) is 0 Å². The SMILES string of the molecule is CCc1cccc(NCCCn2c3ccc(O)cc3c3c4c(c(-c5ccccc5Cl)cc32)C(=O)NC4=O)c1. The van der Waals surface area contributed by atoms with Crippen molar-refractivity contribution in [2.45, 2.75) is 26.3 Å². The monoisotopic (exact) mass is 523 g/mol. The van der Waals surface area contributed by atoms with Crippen molar-refractivity contribution in [3.05, 3.63) is 94.5 Å². The van der Waals surface area contributed by atoms with Crippen molar-refractivity contribution < 1.29 is 14.7 Å². The lowest BCUT2D eigenvalue weighted by atomic mass is 9.93. The fourth-order valence-electron chi connectivity index (χ4n) is 5.44. The summed E-state index contributed by atoms with van der Waals surface area (Å²) in [7, 11) is 0. The average molecular weight is 524 g/mol. The Balaban J connectivity index is 1.48. The van der Waals surface area contributed by atoms with E-state index in [9.17, 15) is 14.7 Å². The molecule has 0 atom stereocenters. The maximum Gasteiger partial charge on any atom is 0.259 e. The minimum Gasteiger partial charge on any atom is -0.508 e. The Hall–Kier alpha value is -4.29. The minimum absolute atomic E-state index is 0.0997. The number of fused-ring (bicyclic) bond motifs is 5. The molecule has 1 aliphatic rings. The first-order valence-electron chi connectivity index (χ1n) is 12.7. The number of hydrogen-bond acceptors (Lipinski definition) is 4. The van der Waals surface area contributed by atoms with Gasteiger partial charge in [0.25, 0.3) is 11.8 Å². The molecule has 6 nitrogen and oxygen atoms in total. The zero-order chi connectivity index (χ0) is 26.4. The molecule has 0 saturated carbocycles. The predicted molar refractivity (Wildman–Crippen MR) is 152 cm³/mol. The van der Waals surface area contributed by atoms with Crippen LogP contribution in [0.5, 0.6) is 5.75 Å². The van der Waals surface area contributed by atoms with Crippen molar-refractivity contribution in [2.75, 3.05) is 11.9 Å². The third-order valence-electron chi connectivity index (χ3n) is 7.21. The lowest BCUT2D eigenvalue weighted by molar-refractivity contribution is 0.0880. The molecule has 2 heterocycles. The highest BCUT2D eigenvalue weighted by Crippen LogP contribution is 2.42. The van der Waals surface area contributed by atoms with Gasteiger partial charge in [-0.25, -0.2) is 0 Å². The maximum absolute atomic E-state index is 13.1. The molecule has 7 heteroatoms. The van der Waals surface area contributed by atoms with Crippen molar-refractivity contribution >= 4 is 50.9 Å². The van der Waals surface area contributed by atoms with Gasteiger partial charge in [-0.2, -0.15) is 0 Å². The second kappa shape index (κ2) is 9.54. The fraction of sp³-hybridized carbons (Fsp3) is 0.161. The van der Waals surface area contributed by atoms with Gasteiger partial charge in [0.1, 0.15) is 5.75 Å². The number of imide groups is 1. The Morgan fingerprint density at radius 1 is 0.895 bits per heavy atom. The summed E-state index contributed by atoms with van der Waals surface area (Å²) in [6.07, 6.45) is 1.80. The van der Waals surface area contributed by atoms with Gasteiger partial charge in [0.05, 0.1) is 16.6 Å². The number of phenolic OH excluding ortho intramolecular Hbond substituents is 1. The Labute approximate surface area is 224 Å². The standard InChI is InChI=1S/C31H26ClN3O3/c1-2-18-7-5-8-19(15-18)33-13-6-14-35-25-12-11-20(36)16-23(25)27-26(35)17-22(21-9-3-4-10-24(21)32)28-29(27)31(38)34-30(28)37/h3-5,7-12,15-17,33,36H,2,6,13-14H2,1H3,(H,34,37,38). The highest BCUT2D eigenvalue weighted by molar-refractivity contribution is 6.36. The van der Waals surface area contributed by atoms with Crippen LogP contribution in [0.4, 0.5) is 5.69 Å². The second-order valence-electron chi connectivity index (χ2n) is 9.52. The molecule has 3 N–H and O–H groups in total. The van der Waals surface area contributed by atoms with E-state index >= 15 is 0 Å². The smallest absolute Gasteiger partial charge is 0.259 e. The van der Waals surface area contributed by atoms with Gasteiger partial charge in [0.2, 0.25) is 0 Å². The summed E-state index contributed by atoms with van der Waals surface area (Å²) < 4.78 is 2.16. The molecule has 0 fully saturated rings. The Bertz CT molecular complexity index is 1760. The third kappa shape index (κ3) is 3.98. The van der Waals surface area contributed by atoms with Crippen LogP contribution in [0.15, 0.2) is 72.8 Å². The van der Waals surface area contributed by atoms with Crippen molar-refractivity contribution in [3.8, 4) is 16.9 Å². The summed E-state index contributed by atoms with van der Waals surface area (Å²) in [4.78, 5) is 26.1. The molecule has 38 heavy (non-hydrogen) atoms. The van der Waals surface area contributed by atoms with Crippen LogP contribution in [0, 0.1) is 0 Å². The molecule has 0 spiro atoms. The predicted octanol–water partition coefficient (Wildman–Crippen LogP) is 6.77. The third-order valence-corrected chi connectivity index (χ3v) is 7.54. The Morgan fingerprint density at radius 2 is 1.71 bits per heavy atom. The van der Waals surface area contributed by atoms with Crippen LogP contribution in [-0.2, 0) is 13.0 Å². The summed E-state index contributed by atoms with van der Waals surface area (Å²) in [6.45, 7) is 3.57. The number of hydrogen-bond donors (Lipinski definition) is 3. The summed E-state index contributed by atoms with van der Waals surface area (Å²) >= 11 is 6.55. The Morgan fingerprint density at radius 3 is 2.53 bits per heavy atom. The number of benzene rings is 4. The normalized spacial score (nSPS) is 12.8. The number of nitrogens with one attached hydrogen (secondary N) is 2. The first-order valence-corrected chi connectivity index (χ1v) is 13.1. The summed E-state index contributed by atoms with van der Waals surface area (Å²) in [6, 6.07) is 22.8. The van der Waals surface area contributed by atoms with E-state index in [1.807, 2.05) is 30.3 Å². The highest BCUT2D eigenvalue weighted by atomic mass is 35.5. The van der Waals surface area contributed by atoms with Crippen LogP contribution in [0.25, 0.3) is 32.9 Å². The number of rotatable bonds is 7. The summed E-state index contributed by atoms with van der Waals surface area (Å²) in [5.41, 5.74) is 6.02. The zero-order valence-electron chi connectivity index (χ0n) is 20.8. The molecule has 1 aliphatic heterocycles. The summed E-state index contributed by atoms with van der Waals surface area (Å²) in [5.74, 6) is -0.784. The molecule has 0 radical (unpaired) electrons. The van der Waals surface area contributed by atoms with E-state index in [2.05, 4.69) is 46.4 Å². The van der Waals surface area contributed by atoms with Crippen LogP contribution < -0.4 is 10.6 Å². The number of nitrogens with zero attached hydrogens (tertiary/aromatic N) is 1. The van der Waals surface area contributed by atoms with E-state index in [4.69, 9.17) is 11.6 Å². The van der Waals surface area contributed by atoms with Gasteiger partial charge in [-0.3, -0.25) is 14.9 Å². The van der Waals surface area contributed by atoms with Gasteiger partial charge in [0.15, 0.2) is 0 Å². The van der Waals surface area contributed by atoms with Crippen LogP contribution in [-0.4, -0.2) is 28.0 Å². The molecule has 0 bridgehead atoms. The number of halogens is 1. The van der Waals surface area contributed by atoms with Gasteiger partial charge in [-0.05, 0) is 66.4 Å². The number of phenols is 1. The van der Waals surface area contributed by atoms with E-state index in [1.165, 1.54) is 5.56 Å². The number of aryl methyl sites for hydroxylation is 2. The number of aromatic hydroxyl groups is 1. The first-order chi connectivity index (χ1) is 18.5. The fourth-order valence-corrected chi connectivity index (χ4v) is 5.68. The van der Waals surface area contributed by atoms with E-state index in [0.29, 0.717) is 39.2 Å². The zero-order valence-corrected chi connectivity index (χ0v) is 21.6. The molecule has 6 rings (SSSR count). The minimum atomic E-state index is -0.443. The highest BCUT2D eigenvalue weighted by Gasteiger charge is 2.34.